The van der Waals surface area contributed by atoms with Gasteiger partial charge in [-0.1, -0.05) is 12.1 Å². The fourth-order valence-corrected chi connectivity index (χ4v) is 2.31. The Morgan fingerprint density at radius 2 is 1.63 bits per heavy atom. The molecule has 0 heterocycles. The van der Waals surface area contributed by atoms with E-state index in [1.54, 1.807) is 0 Å². The molecule has 0 unspecified atom stereocenters. The molecule has 2 amide bonds. The molecule has 0 aliphatic heterocycles. The van der Waals surface area contributed by atoms with Gasteiger partial charge in [0.2, 0.25) is 5.91 Å². The van der Waals surface area contributed by atoms with Crippen molar-refractivity contribution >= 4 is 17.5 Å². The summed E-state index contributed by atoms with van der Waals surface area (Å²) in [5, 5.41) is 2.02. The fraction of sp³-hybridized carbons (Fsp3) is 0.222. The Hall–Kier alpha value is -2.97. The van der Waals surface area contributed by atoms with E-state index >= 15 is 0 Å². The van der Waals surface area contributed by atoms with Crippen LogP contribution in [0.25, 0.3) is 0 Å². The average molecular weight is 386 g/mol. The van der Waals surface area contributed by atoms with Crippen LogP contribution in [-0.2, 0) is 11.0 Å². The molecule has 0 bridgehead atoms. The van der Waals surface area contributed by atoms with Gasteiger partial charge in [0, 0.05) is 12.1 Å². The smallest absolute Gasteiger partial charge is 0.330 e. The van der Waals surface area contributed by atoms with E-state index in [0.717, 1.165) is 35.2 Å². The summed E-state index contributed by atoms with van der Waals surface area (Å²) in [5.74, 6) is -3.68. The normalized spacial score (nSPS) is 11.2. The summed E-state index contributed by atoms with van der Waals surface area (Å²) in [6.07, 6.45) is -4.62. The Bertz CT molecular complexity index is 832. The molecule has 0 saturated carbocycles. The average Bonchev–Trinajstić information content (AvgIpc) is 2.61. The number of rotatable bonds is 5. The van der Waals surface area contributed by atoms with Crippen LogP contribution in [0.4, 0.5) is 27.6 Å². The van der Waals surface area contributed by atoms with Crippen molar-refractivity contribution in [2.75, 3.05) is 18.4 Å². The number of carbonyl (C=O) groups excluding carboxylic acids is 2. The second-order valence-corrected chi connectivity index (χ2v) is 5.54. The van der Waals surface area contributed by atoms with Crippen LogP contribution in [0, 0.1) is 11.6 Å². The molecule has 9 heteroatoms. The number of nitrogens with one attached hydrogen (secondary N) is 1. The van der Waals surface area contributed by atoms with E-state index in [4.69, 9.17) is 0 Å². The number of anilines is 1. The molecular weight excluding hydrogens is 371 g/mol. The summed E-state index contributed by atoms with van der Waals surface area (Å²) in [5.41, 5.74) is -1.91. The summed E-state index contributed by atoms with van der Waals surface area (Å²) < 4.78 is 65.5. The topological polar surface area (TPSA) is 49.4 Å². The van der Waals surface area contributed by atoms with Gasteiger partial charge < -0.3 is 10.2 Å². The SMILES string of the molecule is CCN(CC(=O)Nc1c(F)cccc1F)C(=O)c1cccc(C(F)(F)F)c1. The summed E-state index contributed by atoms with van der Waals surface area (Å²) in [7, 11) is 0. The summed E-state index contributed by atoms with van der Waals surface area (Å²) in [4.78, 5) is 25.4. The molecule has 0 aliphatic carbocycles. The van der Waals surface area contributed by atoms with Gasteiger partial charge in [-0.15, -0.1) is 0 Å². The number of halogens is 5. The van der Waals surface area contributed by atoms with E-state index in [-0.39, 0.29) is 12.1 Å². The molecule has 4 nitrogen and oxygen atoms in total. The van der Waals surface area contributed by atoms with E-state index in [0.29, 0.717) is 6.07 Å². The van der Waals surface area contributed by atoms with E-state index in [2.05, 4.69) is 0 Å². The first-order chi connectivity index (χ1) is 12.6. The van der Waals surface area contributed by atoms with E-state index < -0.39 is 47.4 Å². The molecule has 0 fully saturated rings. The third-order valence-electron chi connectivity index (χ3n) is 3.67. The molecule has 0 aromatic heterocycles. The van der Waals surface area contributed by atoms with Crippen molar-refractivity contribution in [3.8, 4) is 0 Å². The summed E-state index contributed by atoms with van der Waals surface area (Å²) >= 11 is 0. The largest absolute Gasteiger partial charge is 0.416 e. The predicted octanol–water partition coefficient (Wildman–Crippen LogP) is 4.08. The van der Waals surface area contributed by atoms with Crippen LogP contribution in [0.3, 0.4) is 0 Å². The first-order valence-electron chi connectivity index (χ1n) is 7.84. The van der Waals surface area contributed by atoms with Crippen molar-refractivity contribution in [1.29, 1.82) is 0 Å². The standard InChI is InChI=1S/C18H15F5N2O2/c1-2-25(10-15(26)24-16-13(19)7-4-8-14(16)20)17(27)11-5-3-6-12(9-11)18(21,22)23/h3-9H,2,10H2,1H3,(H,24,26). The number of hydrogen-bond acceptors (Lipinski definition) is 2. The maximum Gasteiger partial charge on any atom is 0.416 e. The highest BCUT2D eigenvalue weighted by molar-refractivity contribution is 5.99. The summed E-state index contributed by atoms with van der Waals surface area (Å²) in [6, 6.07) is 6.79. The van der Waals surface area contributed by atoms with Crippen molar-refractivity contribution in [1.82, 2.24) is 4.90 Å². The summed E-state index contributed by atoms with van der Waals surface area (Å²) in [6.45, 7) is 0.935. The fourth-order valence-electron chi connectivity index (χ4n) is 2.31. The van der Waals surface area contributed by atoms with Crippen LogP contribution < -0.4 is 5.32 Å². The lowest BCUT2D eigenvalue weighted by Crippen LogP contribution is -2.38. The van der Waals surface area contributed by atoms with Gasteiger partial charge in [0.25, 0.3) is 5.91 Å². The molecular formula is C18H15F5N2O2. The van der Waals surface area contributed by atoms with E-state index in [1.807, 2.05) is 5.32 Å². The van der Waals surface area contributed by atoms with Gasteiger partial charge in [-0.25, -0.2) is 8.78 Å². The monoisotopic (exact) mass is 386 g/mol. The maximum atomic E-state index is 13.6. The van der Waals surface area contributed by atoms with Gasteiger partial charge >= 0.3 is 6.18 Å². The van der Waals surface area contributed by atoms with Crippen LogP contribution in [-0.4, -0.2) is 29.8 Å². The highest BCUT2D eigenvalue weighted by Gasteiger charge is 2.31. The zero-order chi connectivity index (χ0) is 20.2. The molecule has 0 saturated heterocycles. The van der Waals surface area contributed by atoms with Crippen molar-refractivity contribution in [2.45, 2.75) is 13.1 Å². The molecule has 27 heavy (non-hydrogen) atoms. The number of carbonyl (C=O) groups is 2. The maximum absolute atomic E-state index is 13.6. The lowest BCUT2D eigenvalue weighted by atomic mass is 10.1. The van der Waals surface area contributed by atoms with Crippen LogP contribution >= 0.6 is 0 Å². The number of nitrogens with zero attached hydrogens (tertiary/aromatic N) is 1. The molecule has 0 aliphatic rings. The Kier molecular flexibility index (Phi) is 6.14. The van der Waals surface area contributed by atoms with Gasteiger partial charge in [-0.2, -0.15) is 13.2 Å². The van der Waals surface area contributed by atoms with Crippen LogP contribution in [0.1, 0.15) is 22.8 Å². The molecule has 1 N–H and O–H groups in total. The Morgan fingerprint density at radius 3 is 2.19 bits per heavy atom. The lowest BCUT2D eigenvalue weighted by molar-refractivity contribution is -0.137. The number of benzene rings is 2. The highest BCUT2D eigenvalue weighted by Crippen LogP contribution is 2.29. The third-order valence-corrected chi connectivity index (χ3v) is 3.67. The van der Waals surface area contributed by atoms with Gasteiger partial charge in [0.15, 0.2) is 0 Å². The number of amides is 2. The zero-order valence-corrected chi connectivity index (χ0v) is 14.1. The van der Waals surface area contributed by atoms with Gasteiger partial charge in [0.1, 0.15) is 23.9 Å². The van der Waals surface area contributed by atoms with Crippen molar-refractivity contribution in [3.05, 3.63) is 65.2 Å². The number of alkyl halides is 3. The van der Waals surface area contributed by atoms with Crippen molar-refractivity contribution in [3.63, 3.8) is 0 Å². The zero-order valence-electron chi connectivity index (χ0n) is 14.1. The molecule has 0 spiro atoms. The van der Waals surface area contributed by atoms with Crippen molar-refractivity contribution < 1.29 is 31.5 Å². The second kappa shape index (κ2) is 8.15. The number of likely N-dealkylation sites (N-methyl/N-ethyl adjacent to an activating group) is 1. The van der Waals surface area contributed by atoms with Crippen LogP contribution in [0.5, 0.6) is 0 Å². The van der Waals surface area contributed by atoms with E-state index in [9.17, 15) is 31.5 Å². The van der Waals surface area contributed by atoms with Gasteiger partial charge in [0.05, 0.1) is 5.56 Å². The first kappa shape index (κ1) is 20.3. The Morgan fingerprint density at radius 1 is 1.04 bits per heavy atom. The molecule has 2 aromatic carbocycles. The molecule has 0 atom stereocenters. The lowest BCUT2D eigenvalue weighted by Gasteiger charge is -2.21. The minimum atomic E-state index is -4.62. The Balaban J connectivity index is 2.15. The van der Waals surface area contributed by atoms with Gasteiger partial charge in [-0.3, -0.25) is 9.59 Å². The van der Waals surface area contributed by atoms with Gasteiger partial charge in [-0.05, 0) is 37.3 Å². The Labute approximate surface area is 151 Å². The quantitative estimate of drug-likeness (QED) is 0.788. The van der Waals surface area contributed by atoms with Crippen LogP contribution in [0.2, 0.25) is 0 Å². The van der Waals surface area contributed by atoms with E-state index in [1.165, 1.54) is 13.0 Å². The molecule has 2 rings (SSSR count). The molecule has 144 valence electrons. The number of para-hydroxylation sites is 1. The van der Waals surface area contributed by atoms with Crippen LogP contribution in [0.15, 0.2) is 42.5 Å². The molecule has 2 aromatic rings. The minimum absolute atomic E-state index is 0.00223. The number of hydrogen-bond donors (Lipinski definition) is 1. The van der Waals surface area contributed by atoms with Crippen molar-refractivity contribution in [2.24, 2.45) is 0 Å². The third kappa shape index (κ3) is 5.02. The first-order valence-corrected chi connectivity index (χ1v) is 7.84. The predicted molar refractivity (Wildman–Crippen MR) is 88.0 cm³/mol. The minimum Gasteiger partial charge on any atom is -0.330 e. The second-order valence-electron chi connectivity index (χ2n) is 5.54. The highest BCUT2D eigenvalue weighted by atomic mass is 19.4. The molecule has 0 radical (unpaired) electrons.